The monoisotopic (exact) mass is 209 g/mol. The van der Waals surface area contributed by atoms with E-state index in [0.717, 1.165) is 19.6 Å². The van der Waals surface area contributed by atoms with Gasteiger partial charge in [0.05, 0.1) is 0 Å². The largest absolute Gasteiger partial charge is 0.365 e. The van der Waals surface area contributed by atoms with Crippen LogP contribution < -0.4 is 10.6 Å². The minimum Gasteiger partial charge on any atom is -0.365 e. The maximum Gasteiger partial charge on any atom is 0.0217 e. The third-order valence-corrected chi connectivity index (χ3v) is 2.67. The minimum absolute atomic E-state index is 0.184. The van der Waals surface area contributed by atoms with Crippen molar-refractivity contribution < 1.29 is 0 Å². The maximum atomic E-state index is 3.49. The summed E-state index contributed by atoms with van der Waals surface area (Å²) in [6.45, 7) is 7.67. The lowest BCUT2D eigenvalue weighted by molar-refractivity contribution is 0.455. The van der Waals surface area contributed by atoms with Gasteiger partial charge in [0.25, 0.3) is 0 Å². The van der Waals surface area contributed by atoms with Gasteiger partial charge in [-0.05, 0) is 38.7 Å². The van der Waals surface area contributed by atoms with Crippen LogP contribution in [-0.4, -0.2) is 31.7 Å². The summed E-state index contributed by atoms with van der Waals surface area (Å²) < 4.78 is 0. The Balaban J connectivity index is 2.25. The molecule has 0 fully saturated rings. The van der Waals surface area contributed by atoms with E-state index in [2.05, 4.69) is 41.6 Å². The summed E-state index contributed by atoms with van der Waals surface area (Å²) in [5.74, 6) is 0. The molecule has 0 spiro atoms. The highest BCUT2D eigenvalue weighted by molar-refractivity contribution is 5.15. The molecule has 86 valence electrons. The number of nitrogens with one attached hydrogen (secondary N) is 3. The Hall–Kier alpha value is -0.800. The Labute approximate surface area is 92.7 Å². The van der Waals surface area contributed by atoms with Gasteiger partial charge >= 0.3 is 0 Å². The molecule has 1 heterocycles. The smallest absolute Gasteiger partial charge is 0.0217 e. The Morgan fingerprint density at radius 1 is 1.33 bits per heavy atom. The van der Waals surface area contributed by atoms with E-state index in [1.54, 1.807) is 0 Å². The zero-order chi connectivity index (χ0) is 11.1. The molecule has 0 aliphatic heterocycles. The first-order valence-corrected chi connectivity index (χ1v) is 5.66. The van der Waals surface area contributed by atoms with Gasteiger partial charge in [-0.25, -0.2) is 0 Å². The molecule has 0 aliphatic carbocycles. The molecule has 0 bridgehead atoms. The van der Waals surface area contributed by atoms with E-state index in [1.807, 2.05) is 13.2 Å². The average Bonchev–Trinajstić information content (AvgIpc) is 2.70. The lowest BCUT2D eigenvalue weighted by Gasteiger charge is -2.24. The third-order valence-electron chi connectivity index (χ3n) is 2.67. The van der Waals surface area contributed by atoms with Gasteiger partial charge in [0.1, 0.15) is 0 Å². The van der Waals surface area contributed by atoms with Crippen LogP contribution >= 0.6 is 0 Å². The molecule has 0 unspecified atom stereocenters. The minimum atomic E-state index is 0.184. The molecule has 0 aromatic carbocycles. The topological polar surface area (TPSA) is 39.8 Å². The predicted octanol–water partition coefficient (Wildman–Crippen LogP) is 1.49. The summed E-state index contributed by atoms with van der Waals surface area (Å²) in [7, 11) is 1.99. The van der Waals surface area contributed by atoms with Crippen molar-refractivity contribution in [2.75, 3.05) is 26.7 Å². The number of H-pyrrole nitrogens is 1. The van der Waals surface area contributed by atoms with Crippen molar-refractivity contribution in [3.63, 3.8) is 0 Å². The summed E-state index contributed by atoms with van der Waals surface area (Å²) in [6.07, 6.45) is 3.16. The molecule has 1 aromatic rings. The van der Waals surface area contributed by atoms with Gasteiger partial charge in [-0.3, -0.25) is 0 Å². The second-order valence-corrected chi connectivity index (χ2v) is 4.60. The van der Waals surface area contributed by atoms with Gasteiger partial charge in [-0.2, -0.15) is 0 Å². The number of aromatic amines is 1. The Morgan fingerprint density at radius 3 is 2.73 bits per heavy atom. The van der Waals surface area contributed by atoms with Gasteiger partial charge in [-0.1, -0.05) is 13.8 Å². The van der Waals surface area contributed by atoms with E-state index in [-0.39, 0.29) is 5.41 Å². The molecule has 1 aromatic heterocycles. The van der Waals surface area contributed by atoms with Crippen LogP contribution in [-0.2, 0) is 5.41 Å². The molecule has 15 heavy (non-hydrogen) atoms. The van der Waals surface area contributed by atoms with Crippen LogP contribution in [0.1, 0.15) is 26.0 Å². The summed E-state index contributed by atoms with van der Waals surface area (Å²) in [4.78, 5) is 3.28. The number of rotatable bonds is 7. The van der Waals surface area contributed by atoms with Crippen LogP contribution in [0.15, 0.2) is 18.3 Å². The molecular weight excluding hydrogens is 186 g/mol. The van der Waals surface area contributed by atoms with E-state index >= 15 is 0 Å². The van der Waals surface area contributed by atoms with Crippen LogP contribution in [0.25, 0.3) is 0 Å². The number of aromatic nitrogens is 1. The molecular formula is C12H23N3. The van der Waals surface area contributed by atoms with Crippen molar-refractivity contribution in [1.29, 1.82) is 0 Å². The highest BCUT2D eigenvalue weighted by Gasteiger charge is 2.20. The lowest BCUT2D eigenvalue weighted by atomic mass is 9.89. The van der Waals surface area contributed by atoms with Gasteiger partial charge in [-0.15, -0.1) is 0 Å². The standard InChI is InChI=1S/C12H23N3/c1-12(2,11-6-4-9-15-11)10-14-8-5-7-13-3/h4,6,9,13-15H,5,7-8,10H2,1-3H3. The van der Waals surface area contributed by atoms with Crippen LogP contribution in [0.4, 0.5) is 0 Å². The lowest BCUT2D eigenvalue weighted by Crippen LogP contribution is -2.34. The van der Waals surface area contributed by atoms with E-state index in [0.29, 0.717) is 0 Å². The van der Waals surface area contributed by atoms with E-state index in [4.69, 9.17) is 0 Å². The quantitative estimate of drug-likeness (QED) is 0.595. The number of hydrogen-bond donors (Lipinski definition) is 3. The second kappa shape index (κ2) is 5.93. The summed E-state index contributed by atoms with van der Waals surface area (Å²) in [5, 5.41) is 6.64. The Morgan fingerprint density at radius 2 is 2.13 bits per heavy atom. The van der Waals surface area contributed by atoms with Crippen LogP contribution in [0.3, 0.4) is 0 Å². The van der Waals surface area contributed by atoms with Crippen LogP contribution in [0.2, 0.25) is 0 Å². The molecule has 0 aliphatic rings. The van der Waals surface area contributed by atoms with E-state index in [1.165, 1.54) is 12.1 Å². The van der Waals surface area contributed by atoms with Crippen LogP contribution in [0, 0.1) is 0 Å². The summed E-state index contributed by atoms with van der Waals surface area (Å²) in [6, 6.07) is 4.20. The van der Waals surface area contributed by atoms with Gasteiger partial charge in [0.15, 0.2) is 0 Å². The van der Waals surface area contributed by atoms with Gasteiger partial charge in [0, 0.05) is 23.9 Å². The zero-order valence-corrected chi connectivity index (χ0v) is 10.1. The van der Waals surface area contributed by atoms with Gasteiger partial charge < -0.3 is 15.6 Å². The second-order valence-electron chi connectivity index (χ2n) is 4.60. The van der Waals surface area contributed by atoms with E-state index in [9.17, 15) is 0 Å². The Bertz CT molecular complexity index is 252. The van der Waals surface area contributed by atoms with Crippen LogP contribution in [0.5, 0.6) is 0 Å². The number of hydrogen-bond acceptors (Lipinski definition) is 2. The fourth-order valence-electron chi connectivity index (χ4n) is 1.64. The fourth-order valence-corrected chi connectivity index (χ4v) is 1.64. The Kier molecular flexibility index (Phi) is 4.85. The molecule has 3 heteroatoms. The maximum absolute atomic E-state index is 3.49. The first-order valence-electron chi connectivity index (χ1n) is 5.66. The predicted molar refractivity (Wildman–Crippen MR) is 65.2 cm³/mol. The SMILES string of the molecule is CNCCCNCC(C)(C)c1ccc[nH]1. The highest BCUT2D eigenvalue weighted by Crippen LogP contribution is 2.19. The zero-order valence-electron chi connectivity index (χ0n) is 10.1. The molecule has 3 nitrogen and oxygen atoms in total. The molecule has 1 rings (SSSR count). The van der Waals surface area contributed by atoms with Crippen molar-refractivity contribution in [3.05, 3.63) is 24.0 Å². The van der Waals surface area contributed by atoms with E-state index < -0.39 is 0 Å². The van der Waals surface area contributed by atoms with Crippen molar-refractivity contribution in [1.82, 2.24) is 15.6 Å². The summed E-state index contributed by atoms with van der Waals surface area (Å²) in [5.41, 5.74) is 1.48. The normalized spacial score (nSPS) is 11.9. The average molecular weight is 209 g/mol. The molecule has 0 saturated heterocycles. The first-order chi connectivity index (χ1) is 7.17. The van der Waals surface area contributed by atoms with Crippen molar-refractivity contribution in [3.8, 4) is 0 Å². The molecule has 3 N–H and O–H groups in total. The van der Waals surface area contributed by atoms with Crippen molar-refractivity contribution >= 4 is 0 Å². The molecule has 0 atom stereocenters. The van der Waals surface area contributed by atoms with Crippen molar-refractivity contribution in [2.45, 2.75) is 25.7 Å². The molecule has 0 amide bonds. The molecule has 0 radical (unpaired) electrons. The van der Waals surface area contributed by atoms with Crippen molar-refractivity contribution in [2.24, 2.45) is 0 Å². The highest BCUT2D eigenvalue weighted by atomic mass is 14.9. The molecule has 0 saturated carbocycles. The first kappa shape index (κ1) is 12.3. The fraction of sp³-hybridized carbons (Fsp3) is 0.667. The summed E-state index contributed by atoms with van der Waals surface area (Å²) >= 11 is 0. The third kappa shape index (κ3) is 4.06. The van der Waals surface area contributed by atoms with Gasteiger partial charge in [0.2, 0.25) is 0 Å².